The third-order valence-electron chi connectivity index (χ3n) is 3.86. The van der Waals surface area contributed by atoms with E-state index in [4.69, 9.17) is 0 Å². The maximum atomic E-state index is 13.0. The number of rotatable bonds is 4. The van der Waals surface area contributed by atoms with Crippen molar-refractivity contribution in [2.45, 2.75) is 12.5 Å². The number of amides is 1. The van der Waals surface area contributed by atoms with E-state index in [1.165, 1.54) is 12.1 Å². The van der Waals surface area contributed by atoms with Crippen LogP contribution in [0.2, 0.25) is 0 Å². The van der Waals surface area contributed by atoms with Crippen LogP contribution in [0.5, 0.6) is 0 Å². The van der Waals surface area contributed by atoms with Gasteiger partial charge in [-0.25, -0.2) is 12.8 Å². The second-order valence-electron chi connectivity index (χ2n) is 5.75. The Hall–Kier alpha value is -2.41. The van der Waals surface area contributed by atoms with Gasteiger partial charge in [-0.1, -0.05) is 12.1 Å². The van der Waals surface area contributed by atoms with E-state index in [0.29, 0.717) is 23.4 Å². The number of carbonyl (C=O) groups excluding carboxylic acids is 1. The molecule has 0 spiro atoms. The fourth-order valence-corrected chi connectivity index (χ4v) is 4.32. The van der Waals surface area contributed by atoms with E-state index in [1.807, 2.05) is 0 Å². The predicted octanol–water partition coefficient (Wildman–Crippen LogP) is 2.49. The van der Waals surface area contributed by atoms with Crippen molar-refractivity contribution in [2.75, 3.05) is 16.8 Å². The molecular formula is C17H17FN2O3S. The lowest BCUT2D eigenvalue weighted by atomic mass is 10.1. The smallest absolute Gasteiger partial charge is 0.253 e. The minimum Gasteiger partial charge on any atom is -0.355 e. The van der Waals surface area contributed by atoms with Gasteiger partial charge in [-0.05, 0) is 42.8 Å². The minimum absolute atomic E-state index is 0.0215. The molecule has 1 amide bonds. The normalized spacial score (nSPS) is 19.0. The van der Waals surface area contributed by atoms with Crippen molar-refractivity contribution in [1.29, 1.82) is 0 Å². The molecule has 7 heteroatoms. The molecule has 0 radical (unpaired) electrons. The number of halogens is 1. The standard InChI is InChI=1S/C17H17FN2O3S/c18-12-5-7-13(8-6-12)19-16-4-2-1-3-15(16)17(21)20-14-9-10-24(22,23)11-14/h1-8,14,19H,9-11H2,(H,20,21). The Morgan fingerprint density at radius 2 is 1.79 bits per heavy atom. The molecule has 0 aromatic heterocycles. The van der Waals surface area contributed by atoms with Gasteiger partial charge in [0, 0.05) is 11.7 Å². The number of hydrogen-bond acceptors (Lipinski definition) is 4. The number of carbonyl (C=O) groups is 1. The van der Waals surface area contributed by atoms with Crippen LogP contribution in [0.15, 0.2) is 48.5 Å². The number of benzene rings is 2. The van der Waals surface area contributed by atoms with Gasteiger partial charge in [0.05, 0.1) is 22.8 Å². The molecular weight excluding hydrogens is 331 g/mol. The molecule has 1 heterocycles. The van der Waals surface area contributed by atoms with Gasteiger partial charge < -0.3 is 10.6 Å². The average Bonchev–Trinajstić information content (AvgIpc) is 2.89. The number of nitrogens with one attached hydrogen (secondary N) is 2. The summed E-state index contributed by atoms with van der Waals surface area (Å²) in [4.78, 5) is 12.5. The fraction of sp³-hybridized carbons (Fsp3) is 0.235. The molecule has 2 aromatic carbocycles. The summed E-state index contributed by atoms with van der Waals surface area (Å²) in [6.45, 7) is 0. The molecule has 24 heavy (non-hydrogen) atoms. The van der Waals surface area contributed by atoms with E-state index in [2.05, 4.69) is 10.6 Å². The number of anilines is 2. The SMILES string of the molecule is O=C(NC1CCS(=O)(=O)C1)c1ccccc1Nc1ccc(F)cc1. The van der Waals surface area contributed by atoms with Crippen molar-refractivity contribution in [3.05, 3.63) is 59.9 Å². The van der Waals surface area contributed by atoms with Crippen molar-refractivity contribution >= 4 is 27.1 Å². The zero-order valence-electron chi connectivity index (χ0n) is 12.8. The van der Waals surface area contributed by atoms with Crippen LogP contribution in [0, 0.1) is 5.82 Å². The van der Waals surface area contributed by atoms with Crippen molar-refractivity contribution in [3.8, 4) is 0 Å². The van der Waals surface area contributed by atoms with Gasteiger partial charge >= 0.3 is 0 Å². The Bertz CT molecular complexity index is 850. The molecule has 126 valence electrons. The highest BCUT2D eigenvalue weighted by Gasteiger charge is 2.29. The van der Waals surface area contributed by atoms with Gasteiger partial charge in [-0.15, -0.1) is 0 Å². The molecule has 0 aliphatic carbocycles. The first-order valence-corrected chi connectivity index (χ1v) is 9.38. The van der Waals surface area contributed by atoms with E-state index >= 15 is 0 Å². The maximum absolute atomic E-state index is 13.0. The van der Waals surface area contributed by atoms with Crippen molar-refractivity contribution < 1.29 is 17.6 Å². The van der Waals surface area contributed by atoms with E-state index < -0.39 is 9.84 Å². The predicted molar refractivity (Wildman–Crippen MR) is 90.6 cm³/mol. The topological polar surface area (TPSA) is 75.3 Å². The summed E-state index contributed by atoms with van der Waals surface area (Å²) in [6.07, 6.45) is 0.432. The lowest BCUT2D eigenvalue weighted by Crippen LogP contribution is -2.35. The summed E-state index contributed by atoms with van der Waals surface area (Å²) in [6, 6.07) is 12.4. The molecule has 1 unspecified atom stereocenters. The van der Waals surface area contributed by atoms with Crippen LogP contribution in [0.25, 0.3) is 0 Å². The number of para-hydroxylation sites is 1. The maximum Gasteiger partial charge on any atom is 0.253 e. The van der Waals surface area contributed by atoms with Gasteiger partial charge in [-0.2, -0.15) is 0 Å². The third kappa shape index (κ3) is 3.91. The molecule has 2 N–H and O–H groups in total. The zero-order chi connectivity index (χ0) is 17.2. The molecule has 0 saturated carbocycles. The summed E-state index contributed by atoms with van der Waals surface area (Å²) >= 11 is 0. The van der Waals surface area contributed by atoms with E-state index in [1.54, 1.807) is 36.4 Å². The molecule has 1 aliphatic rings. The minimum atomic E-state index is -3.05. The van der Waals surface area contributed by atoms with Crippen LogP contribution >= 0.6 is 0 Å². The Morgan fingerprint density at radius 3 is 2.46 bits per heavy atom. The quantitative estimate of drug-likeness (QED) is 0.890. The molecule has 2 aromatic rings. The Kier molecular flexibility index (Phi) is 4.53. The van der Waals surface area contributed by atoms with Crippen LogP contribution < -0.4 is 10.6 Å². The number of sulfone groups is 1. The summed E-state index contributed by atoms with van der Waals surface area (Å²) in [7, 11) is -3.05. The van der Waals surface area contributed by atoms with Crippen LogP contribution in [0.1, 0.15) is 16.8 Å². The Balaban J connectivity index is 1.76. The van der Waals surface area contributed by atoms with E-state index in [-0.39, 0.29) is 29.3 Å². The lowest BCUT2D eigenvalue weighted by molar-refractivity contribution is 0.0942. The van der Waals surface area contributed by atoms with Gasteiger partial charge in [0.15, 0.2) is 9.84 Å². The average molecular weight is 348 g/mol. The van der Waals surface area contributed by atoms with Gasteiger partial charge in [0.1, 0.15) is 5.82 Å². The summed E-state index contributed by atoms with van der Waals surface area (Å²) in [5, 5.41) is 5.84. The van der Waals surface area contributed by atoms with Gasteiger partial charge in [-0.3, -0.25) is 4.79 Å². The molecule has 1 aliphatic heterocycles. The van der Waals surface area contributed by atoms with Crippen molar-refractivity contribution in [3.63, 3.8) is 0 Å². The molecule has 1 saturated heterocycles. The monoisotopic (exact) mass is 348 g/mol. The van der Waals surface area contributed by atoms with Crippen LogP contribution in [-0.2, 0) is 9.84 Å². The number of hydrogen-bond donors (Lipinski definition) is 2. The molecule has 1 fully saturated rings. The lowest BCUT2D eigenvalue weighted by Gasteiger charge is -2.15. The highest BCUT2D eigenvalue weighted by atomic mass is 32.2. The van der Waals surface area contributed by atoms with Crippen LogP contribution in [0.4, 0.5) is 15.8 Å². The van der Waals surface area contributed by atoms with Crippen LogP contribution in [-0.4, -0.2) is 31.9 Å². The fourth-order valence-electron chi connectivity index (χ4n) is 2.65. The summed E-state index contributed by atoms with van der Waals surface area (Å²) in [5.41, 5.74) is 1.63. The first-order chi connectivity index (χ1) is 11.4. The molecule has 0 bridgehead atoms. The van der Waals surface area contributed by atoms with Crippen LogP contribution in [0.3, 0.4) is 0 Å². The van der Waals surface area contributed by atoms with E-state index in [0.717, 1.165) is 0 Å². The summed E-state index contributed by atoms with van der Waals surface area (Å²) in [5.74, 6) is -0.587. The largest absolute Gasteiger partial charge is 0.355 e. The van der Waals surface area contributed by atoms with E-state index in [9.17, 15) is 17.6 Å². The first-order valence-electron chi connectivity index (χ1n) is 7.56. The van der Waals surface area contributed by atoms with Gasteiger partial charge in [0.2, 0.25) is 0 Å². The Labute approximate surface area is 139 Å². The molecule has 1 atom stereocenters. The van der Waals surface area contributed by atoms with Crippen molar-refractivity contribution in [2.24, 2.45) is 0 Å². The summed E-state index contributed by atoms with van der Waals surface area (Å²) < 4.78 is 36.0. The molecule has 5 nitrogen and oxygen atoms in total. The van der Waals surface area contributed by atoms with Gasteiger partial charge in [0.25, 0.3) is 5.91 Å². The third-order valence-corrected chi connectivity index (χ3v) is 5.63. The highest BCUT2D eigenvalue weighted by Crippen LogP contribution is 2.22. The molecule has 3 rings (SSSR count). The highest BCUT2D eigenvalue weighted by molar-refractivity contribution is 7.91. The second-order valence-corrected chi connectivity index (χ2v) is 7.98. The Morgan fingerprint density at radius 1 is 1.08 bits per heavy atom. The first kappa shape index (κ1) is 16.4. The second kappa shape index (κ2) is 6.60. The van der Waals surface area contributed by atoms with Crippen molar-refractivity contribution in [1.82, 2.24) is 5.32 Å². The zero-order valence-corrected chi connectivity index (χ0v) is 13.6.